The van der Waals surface area contributed by atoms with Crippen LogP contribution in [0, 0.1) is 17.8 Å². The highest BCUT2D eigenvalue weighted by atomic mass is 16.3. The normalized spacial score (nSPS) is 30.6. The maximum atomic E-state index is 13.8. The summed E-state index contributed by atoms with van der Waals surface area (Å²) >= 11 is 0. The highest BCUT2D eigenvalue weighted by Crippen LogP contribution is 2.41. The molecule has 0 bridgehead atoms. The number of hydrogen-bond donors (Lipinski definition) is 3. The lowest BCUT2D eigenvalue weighted by Crippen LogP contribution is -2.68. The Balaban J connectivity index is 1.34. The van der Waals surface area contributed by atoms with Gasteiger partial charge in [0.15, 0.2) is 0 Å². The number of nitrogens with zero attached hydrogens (tertiary/aromatic N) is 2. The minimum atomic E-state index is -0.850. The van der Waals surface area contributed by atoms with Gasteiger partial charge in [-0.05, 0) is 70.6 Å². The first-order valence-electron chi connectivity index (χ1n) is 14.4. The van der Waals surface area contributed by atoms with Gasteiger partial charge < -0.3 is 20.6 Å². The number of aliphatic hydroxyl groups is 1. The van der Waals surface area contributed by atoms with Gasteiger partial charge in [-0.15, -0.1) is 0 Å². The van der Waals surface area contributed by atoms with Crippen LogP contribution in [0.15, 0.2) is 60.5 Å². The second-order valence-corrected chi connectivity index (χ2v) is 11.7. The standard InChI is InChI=1S/C31H46N4O3/c1-5-6-9-12-22(2)32-29(37)26-17-24-13-14-27(19-25(24)18-26)33-28(36)21-35-23(3)20-34(4)31(30(35)38)15-10-7-8-11-16-31/h5-6,9,12-14,19,23-26,28,33,36H,1,7-8,10-11,15-18,20-21H2,2-4H3,(H,32,37)/b9-6-,22-12+/t23?,24?,25?,26-,28?/m1/s1. The van der Waals surface area contributed by atoms with Crippen LogP contribution in [-0.4, -0.2) is 64.7 Å². The molecule has 0 aromatic rings. The van der Waals surface area contributed by atoms with Crippen molar-refractivity contribution in [3.63, 3.8) is 0 Å². The predicted octanol–water partition coefficient (Wildman–Crippen LogP) is 4.01. The van der Waals surface area contributed by atoms with E-state index < -0.39 is 11.8 Å². The van der Waals surface area contributed by atoms with Gasteiger partial charge in [0.1, 0.15) is 11.8 Å². The fourth-order valence-electron chi connectivity index (χ4n) is 6.85. The molecule has 208 valence electrons. The number of likely N-dealkylation sites (N-methyl/N-ethyl adjacent to an activating group) is 1. The summed E-state index contributed by atoms with van der Waals surface area (Å²) in [5.41, 5.74) is 1.26. The minimum absolute atomic E-state index is 0.0403. The van der Waals surface area contributed by atoms with Gasteiger partial charge in [0, 0.05) is 29.9 Å². The van der Waals surface area contributed by atoms with Crippen molar-refractivity contribution < 1.29 is 14.7 Å². The van der Waals surface area contributed by atoms with Crippen molar-refractivity contribution in [3.8, 4) is 0 Å². The van der Waals surface area contributed by atoms with E-state index in [1.54, 1.807) is 6.08 Å². The molecule has 2 amide bonds. The summed E-state index contributed by atoms with van der Waals surface area (Å²) in [5, 5.41) is 17.2. The molecule has 1 saturated heterocycles. The van der Waals surface area contributed by atoms with Crippen molar-refractivity contribution in [2.45, 2.75) is 83.0 Å². The number of β-amino-alcohol motifs (C(OH)–C–C–N with tert-alkyl or cyclic N) is 1. The van der Waals surface area contributed by atoms with Crippen LogP contribution in [0.1, 0.15) is 65.2 Å². The zero-order valence-electron chi connectivity index (χ0n) is 23.4. The van der Waals surface area contributed by atoms with Gasteiger partial charge in [0.05, 0.1) is 6.54 Å². The molecule has 4 aliphatic rings. The monoisotopic (exact) mass is 522 g/mol. The Hall–Kier alpha value is -2.64. The summed E-state index contributed by atoms with van der Waals surface area (Å²) in [5.74, 6) is 0.776. The van der Waals surface area contributed by atoms with Gasteiger partial charge in [0.2, 0.25) is 11.8 Å². The van der Waals surface area contributed by atoms with E-state index in [-0.39, 0.29) is 36.2 Å². The Morgan fingerprint density at radius 1 is 1.21 bits per heavy atom. The van der Waals surface area contributed by atoms with Gasteiger partial charge in [-0.2, -0.15) is 0 Å². The van der Waals surface area contributed by atoms with Gasteiger partial charge in [-0.25, -0.2) is 0 Å². The lowest BCUT2D eigenvalue weighted by atomic mass is 9.83. The number of fused-ring (bicyclic) bond motifs is 1. The molecule has 1 spiro atoms. The molecule has 7 heteroatoms. The molecule has 0 radical (unpaired) electrons. The average Bonchev–Trinajstić information content (AvgIpc) is 3.14. The molecule has 0 aromatic heterocycles. The molecule has 1 aliphatic heterocycles. The van der Waals surface area contributed by atoms with E-state index in [1.165, 1.54) is 12.8 Å². The summed E-state index contributed by atoms with van der Waals surface area (Å²) in [6, 6.07) is 0.0527. The number of aliphatic hydroxyl groups excluding tert-OH is 1. The molecule has 5 atom stereocenters. The lowest BCUT2D eigenvalue weighted by molar-refractivity contribution is -0.158. The molecule has 4 rings (SSSR count). The second-order valence-electron chi connectivity index (χ2n) is 11.7. The first-order valence-corrected chi connectivity index (χ1v) is 14.4. The summed E-state index contributed by atoms with van der Waals surface area (Å²) in [6.07, 6.45) is 20.7. The Morgan fingerprint density at radius 2 is 1.92 bits per heavy atom. The first-order chi connectivity index (χ1) is 18.2. The maximum absolute atomic E-state index is 13.8. The Bertz CT molecular complexity index is 1000. The zero-order chi connectivity index (χ0) is 27.3. The number of hydrogen-bond acceptors (Lipinski definition) is 5. The van der Waals surface area contributed by atoms with Crippen LogP contribution in [0.5, 0.6) is 0 Å². The quantitative estimate of drug-likeness (QED) is 0.331. The zero-order valence-corrected chi connectivity index (χ0v) is 23.4. The molecule has 1 heterocycles. The average molecular weight is 523 g/mol. The number of carbonyl (C=O) groups excluding carboxylic acids is 2. The highest BCUT2D eigenvalue weighted by molar-refractivity contribution is 5.87. The van der Waals surface area contributed by atoms with Crippen LogP contribution in [0.2, 0.25) is 0 Å². The number of piperazine rings is 1. The van der Waals surface area contributed by atoms with Crippen LogP contribution < -0.4 is 10.6 Å². The van der Waals surface area contributed by atoms with Crippen LogP contribution in [0.4, 0.5) is 0 Å². The van der Waals surface area contributed by atoms with Crippen LogP contribution in [0.3, 0.4) is 0 Å². The van der Waals surface area contributed by atoms with E-state index in [2.05, 4.69) is 48.2 Å². The summed E-state index contributed by atoms with van der Waals surface area (Å²) < 4.78 is 0. The Morgan fingerprint density at radius 3 is 2.63 bits per heavy atom. The van der Waals surface area contributed by atoms with E-state index in [0.717, 1.165) is 56.5 Å². The van der Waals surface area contributed by atoms with Crippen LogP contribution in [-0.2, 0) is 9.59 Å². The molecule has 0 aromatic carbocycles. The summed E-state index contributed by atoms with van der Waals surface area (Å²) in [4.78, 5) is 30.8. The minimum Gasteiger partial charge on any atom is -0.372 e. The van der Waals surface area contributed by atoms with Gasteiger partial charge >= 0.3 is 0 Å². The van der Waals surface area contributed by atoms with Crippen molar-refractivity contribution in [1.82, 2.24) is 20.4 Å². The number of rotatable bonds is 8. The molecule has 7 nitrogen and oxygen atoms in total. The third kappa shape index (κ3) is 6.32. The third-order valence-corrected chi connectivity index (χ3v) is 8.96. The number of allylic oxidation sites excluding steroid dienone is 8. The summed E-state index contributed by atoms with van der Waals surface area (Å²) in [7, 11) is 2.09. The number of nitrogens with one attached hydrogen (secondary N) is 2. The smallest absolute Gasteiger partial charge is 0.243 e. The van der Waals surface area contributed by atoms with E-state index >= 15 is 0 Å². The Kier molecular flexibility index (Phi) is 9.32. The molecule has 3 N–H and O–H groups in total. The molecule has 4 unspecified atom stereocenters. The first kappa shape index (κ1) is 28.4. The number of carbonyl (C=O) groups is 2. The molecule has 3 aliphatic carbocycles. The van der Waals surface area contributed by atoms with Crippen molar-refractivity contribution in [1.29, 1.82) is 0 Å². The lowest BCUT2D eigenvalue weighted by Gasteiger charge is -2.51. The SMILES string of the molecule is C=C/C=C\C=C(/C)NC(=O)[C@@H]1CC2C=CC(NC(O)CN3C(=O)C4(CCCCCC4)N(C)CC3C)=CC2C1. The molecule has 3 fully saturated rings. The second kappa shape index (κ2) is 12.5. The number of amides is 2. The van der Waals surface area contributed by atoms with Gasteiger partial charge in [-0.1, -0.05) is 62.6 Å². The van der Waals surface area contributed by atoms with E-state index in [0.29, 0.717) is 5.92 Å². The van der Waals surface area contributed by atoms with Crippen molar-refractivity contribution in [3.05, 3.63) is 60.5 Å². The van der Waals surface area contributed by atoms with Crippen LogP contribution in [0.25, 0.3) is 0 Å². The Labute approximate surface area is 228 Å². The summed E-state index contributed by atoms with van der Waals surface area (Å²) in [6.45, 7) is 8.71. The van der Waals surface area contributed by atoms with E-state index in [4.69, 9.17) is 0 Å². The van der Waals surface area contributed by atoms with Crippen LogP contribution >= 0.6 is 0 Å². The third-order valence-electron chi connectivity index (χ3n) is 8.96. The maximum Gasteiger partial charge on any atom is 0.243 e. The van der Waals surface area contributed by atoms with E-state index in [9.17, 15) is 14.7 Å². The van der Waals surface area contributed by atoms with E-state index in [1.807, 2.05) is 36.1 Å². The highest BCUT2D eigenvalue weighted by Gasteiger charge is 2.49. The van der Waals surface area contributed by atoms with Gasteiger partial charge in [-0.3, -0.25) is 14.5 Å². The van der Waals surface area contributed by atoms with Crippen molar-refractivity contribution >= 4 is 11.8 Å². The predicted molar refractivity (Wildman–Crippen MR) is 152 cm³/mol. The molecular weight excluding hydrogens is 476 g/mol. The molecule has 2 saturated carbocycles. The fourth-order valence-corrected chi connectivity index (χ4v) is 6.85. The fraction of sp³-hybridized carbons (Fsp3) is 0.613. The van der Waals surface area contributed by atoms with Crippen molar-refractivity contribution in [2.75, 3.05) is 20.1 Å². The topological polar surface area (TPSA) is 84.9 Å². The van der Waals surface area contributed by atoms with Gasteiger partial charge in [0.25, 0.3) is 0 Å². The molecular formula is C31H46N4O3. The van der Waals surface area contributed by atoms with Crippen molar-refractivity contribution in [2.24, 2.45) is 17.8 Å². The molecule has 38 heavy (non-hydrogen) atoms. The largest absolute Gasteiger partial charge is 0.372 e.